The van der Waals surface area contributed by atoms with E-state index >= 15 is 0 Å². The van der Waals surface area contributed by atoms with Crippen LogP contribution in [0.2, 0.25) is 0 Å². The summed E-state index contributed by atoms with van der Waals surface area (Å²) in [5.41, 5.74) is 0. The summed E-state index contributed by atoms with van der Waals surface area (Å²) in [6.45, 7) is 3.55. The summed E-state index contributed by atoms with van der Waals surface area (Å²) in [4.78, 5) is 48.6. The van der Waals surface area contributed by atoms with Crippen molar-refractivity contribution in [3.8, 4) is 0 Å². The zero-order valence-electron chi connectivity index (χ0n) is 17.1. The van der Waals surface area contributed by atoms with Gasteiger partial charge >= 0.3 is 5.97 Å². The minimum Gasteiger partial charge on any atom is -0.480 e. The fourth-order valence-corrected chi connectivity index (χ4v) is 3.39. The number of amides is 3. The maximum absolute atomic E-state index is 12.6. The van der Waals surface area contributed by atoms with Crippen LogP contribution in [0, 0.1) is 5.92 Å². The first-order valence-corrected chi connectivity index (χ1v) is 11.1. The van der Waals surface area contributed by atoms with E-state index in [0.717, 1.165) is 13.0 Å². The molecule has 0 aliphatic carbocycles. The van der Waals surface area contributed by atoms with Gasteiger partial charge in [0.1, 0.15) is 18.1 Å². The Morgan fingerprint density at radius 1 is 1.10 bits per heavy atom. The summed E-state index contributed by atoms with van der Waals surface area (Å²) < 4.78 is 0. The van der Waals surface area contributed by atoms with Crippen LogP contribution >= 0.6 is 11.8 Å². The smallest absolute Gasteiger partial charge is 0.326 e. The Hall–Kier alpha value is -1.85. The van der Waals surface area contributed by atoms with Crippen LogP contribution in [0.5, 0.6) is 0 Å². The number of aliphatic hydroxyl groups is 1. The van der Waals surface area contributed by atoms with Gasteiger partial charge in [-0.1, -0.05) is 13.8 Å². The van der Waals surface area contributed by atoms with Crippen molar-refractivity contribution in [3.05, 3.63) is 0 Å². The Morgan fingerprint density at radius 3 is 2.24 bits per heavy atom. The van der Waals surface area contributed by atoms with Crippen molar-refractivity contribution in [1.82, 2.24) is 21.3 Å². The van der Waals surface area contributed by atoms with Gasteiger partial charge in [0.2, 0.25) is 17.7 Å². The zero-order chi connectivity index (χ0) is 22.0. The van der Waals surface area contributed by atoms with E-state index in [9.17, 15) is 29.4 Å². The molecule has 0 radical (unpaired) electrons. The molecule has 0 aromatic carbocycles. The summed E-state index contributed by atoms with van der Waals surface area (Å²) in [5, 5.41) is 29.2. The molecule has 1 fully saturated rings. The minimum atomic E-state index is -1.32. The Morgan fingerprint density at radius 2 is 1.76 bits per heavy atom. The lowest BCUT2D eigenvalue weighted by molar-refractivity contribution is -0.142. The third-order valence-electron chi connectivity index (χ3n) is 4.66. The van der Waals surface area contributed by atoms with Gasteiger partial charge in [-0.05, 0) is 43.7 Å². The van der Waals surface area contributed by atoms with Gasteiger partial charge in [-0.15, -0.1) is 0 Å². The number of rotatable bonds is 12. The molecular weight excluding hydrogens is 400 g/mol. The molecule has 10 nitrogen and oxygen atoms in total. The highest BCUT2D eigenvalue weighted by Crippen LogP contribution is 2.08. The molecule has 0 saturated carbocycles. The Labute approximate surface area is 174 Å². The van der Waals surface area contributed by atoms with Crippen molar-refractivity contribution < 1.29 is 29.4 Å². The summed E-state index contributed by atoms with van der Waals surface area (Å²) in [6.07, 6.45) is 3.60. The van der Waals surface area contributed by atoms with Crippen LogP contribution in [0.4, 0.5) is 0 Å². The highest BCUT2D eigenvalue weighted by atomic mass is 32.2. The highest BCUT2D eigenvalue weighted by molar-refractivity contribution is 7.98. The number of hydrogen-bond donors (Lipinski definition) is 6. The first-order valence-electron chi connectivity index (χ1n) is 9.68. The number of aliphatic hydroxyl groups excluding tert-OH is 1. The molecule has 4 atom stereocenters. The first-order chi connectivity index (χ1) is 13.7. The predicted octanol–water partition coefficient (Wildman–Crippen LogP) is -1.32. The van der Waals surface area contributed by atoms with Crippen LogP contribution in [-0.4, -0.2) is 83.2 Å². The van der Waals surface area contributed by atoms with Crippen LogP contribution in [0.1, 0.15) is 33.1 Å². The SMILES string of the molecule is CSCCC(NC(=O)C(CO)NC(=O)C(NC(=O)C1CCCN1)C(C)C)C(=O)O. The molecule has 11 heteroatoms. The normalized spacial score (nSPS) is 19.3. The molecule has 0 bridgehead atoms. The summed E-state index contributed by atoms with van der Waals surface area (Å²) in [5.74, 6) is -2.60. The van der Waals surface area contributed by atoms with Gasteiger partial charge in [-0.25, -0.2) is 4.79 Å². The number of thioether (sulfide) groups is 1. The second-order valence-corrected chi connectivity index (χ2v) is 8.29. The number of nitrogens with one attached hydrogen (secondary N) is 4. The molecule has 4 unspecified atom stereocenters. The molecule has 6 N–H and O–H groups in total. The van der Waals surface area contributed by atoms with Gasteiger partial charge in [0.25, 0.3) is 0 Å². The minimum absolute atomic E-state index is 0.216. The molecule has 0 spiro atoms. The third kappa shape index (κ3) is 8.19. The predicted molar refractivity (Wildman–Crippen MR) is 109 cm³/mol. The number of carbonyl (C=O) groups excluding carboxylic acids is 3. The summed E-state index contributed by atoms with van der Waals surface area (Å²) in [7, 11) is 0. The standard InChI is InChI=1S/C18H32N4O6S/c1-10(2)14(22-15(24)11-5-4-7-19-11)17(26)21-13(9-23)16(25)20-12(18(27)28)6-8-29-3/h10-14,19,23H,4-9H2,1-3H3,(H,20,25)(H,21,26)(H,22,24)(H,27,28). The Balaban J connectivity index is 2.72. The fraction of sp³-hybridized carbons (Fsp3) is 0.778. The molecule has 1 aliphatic heterocycles. The number of carboxylic acids is 1. The van der Waals surface area contributed by atoms with Crippen molar-refractivity contribution >= 4 is 35.5 Å². The van der Waals surface area contributed by atoms with Gasteiger partial charge in [0, 0.05) is 0 Å². The highest BCUT2D eigenvalue weighted by Gasteiger charge is 2.32. The van der Waals surface area contributed by atoms with Crippen LogP contribution in [0.3, 0.4) is 0 Å². The molecular formula is C18H32N4O6S. The Bertz CT molecular complexity index is 583. The Kier molecular flexibility index (Phi) is 11.0. The van der Waals surface area contributed by atoms with Crippen LogP contribution in [0.25, 0.3) is 0 Å². The topological polar surface area (TPSA) is 157 Å². The molecule has 3 amide bonds. The average Bonchev–Trinajstić information content (AvgIpc) is 3.21. The molecule has 0 aromatic heterocycles. The lowest BCUT2D eigenvalue weighted by Crippen LogP contribution is -2.59. The quantitative estimate of drug-likeness (QED) is 0.222. The van der Waals surface area contributed by atoms with Crippen LogP contribution in [0.15, 0.2) is 0 Å². The fourth-order valence-electron chi connectivity index (χ4n) is 2.92. The molecule has 166 valence electrons. The maximum atomic E-state index is 12.6. The second-order valence-electron chi connectivity index (χ2n) is 7.30. The maximum Gasteiger partial charge on any atom is 0.326 e. The molecule has 1 heterocycles. The summed E-state index contributed by atoms with van der Waals surface area (Å²) >= 11 is 1.44. The van der Waals surface area contributed by atoms with E-state index in [2.05, 4.69) is 21.3 Å². The number of carbonyl (C=O) groups is 4. The first kappa shape index (κ1) is 25.2. The molecule has 1 saturated heterocycles. The van der Waals surface area contributed by atoms with E-state index in [1.54, 1.807) is 13.8 Å². The summed E-state index contributed by atoms with van der Waals surface area (Å²) in [6, 6.07) is -3.68. The molecule has 1 aliphatic rings. The van der Waals surface area contributed by atoms with Crippen molar-refractivity contribution in [2.24, 2.45) is 5.92 Å². The van der Waals surface area contributed by atoms with Gasteiger partial charge in [-0.2, -0.15) is 11.8 Å². The average molecular weight is 433 g/mol. The van der Waals surface area contributed by atoms with Crippen LogP contribution < -0.4 is 21.3 Å². The van der Waals surface area contributed by atoms with Gasteiger partial charge < -0.3 is 31.5 Å². The number of hydrogen-bond acceptors (Lipinski definition) is 7. The monoisotopic (exact) mass is 432 g/mol. The van der Waals surface area contributed by atoms with Gasteiger partial charge in [0.05, 0.1) is 12.6 Å². The van der Waals surface area contributed by atoms with Gasteiger partial charge in [-0.3, -0.25) is 14.4 Å². The van der Waals surface area contributed by atoms with E-state index in [1.807, 2.05) is 6.26 Å². The van der Waals surface area contributed by atoms with E-state index in [1.165, 1.54) is 11.8 Å². The van der Waals surface area contributed by atoms with Gasteiger partial charge in [0.15, 0.2) is 0 Å². The van der Waals surface area contributed by atoms with Crippen molar-refractivity contribution in [1.29, 1.82) is 0 Å². The largest absolute Gasteiger partial charge is 0.480 e. The zero-order valence-corrected chi connectivity index (χ0v) is 17.9. The van der Waals surface area contributed by atoms with Crippen molar-refractivity contribution in [2.45, 2.75) is 57.3 Å². The molecule has 1 rings (SSSR count). The lowest BCUT2D eigenvalue weighted by atomic mass is 10.0. The van der Waals surface area contributed by atoms with E-state index in [4.69, 9.17) is 0 Å². The number of carboxylic acid groups (broad SMARTS) is 1. The van der Waals surface area contributed by atoms with Crippen LogP contribution in [-0.2, 0) is 19.2 Å². The second kappa shape index (κ2) is 12.7. The molecule has 29 heavy (non-hydrogen) atoms. The number of aliphatic carboxylic acids is 1. The van der Waals surface area contributed by atoms with Crippen molar-refractivity contribution in [2.75, 3.05) is 25.2 Å². The van der Waals surface area contributed by atoms with Crippen molar-refractivity contribution in [3.63, 3.8) is 0 Å². The third-order valence-corrected chi connectivity index (χ3v) is 5.31. The van der Waals surface area contributed by atoms with E-state index in [-0.39, 0.29) is 24.3 Å². The van der Waals surface area contributed by atoms with E-state index < -0.39 is 42.5 Å². The van der Waals surface area contributed by atoms with E-state index in [0.29, 0.717) is 12.2 Å². The lowest BCUT2D eigenvalue weighted by Gasteiger charge is -2.26. The molecule has 0 aromatic rings.